The molecule has 2 fully saturated rings. The van der Waals surface area contributed by atoms with E-state index in [-0.39, 0.29) is 0 Å². The van der Waals surface area contributed by atoms with Crippen molar-refractivity contribution in [1.29, 1.82) is 0 Å². The van der Waals surface area contributed by atoms with Crippen LogP contribution in [0.1, 0.15) is 32.1 Å². The third-order valence-corrected chi connectivity index (χ3v) is 4.65. The average Bonchev–Trinajstić information content (AvgIpc) is 2.47. The fraction of sp³-hybridized carbons (Fsp3) is 0.933. The molecule has 0 amide bonds. The number of guanidine groups is 1. The molecule has 0 radical (unpaired) electrons. The van der Waals surface area contributed by atoms with Crippen LogP contribution in [0.4, 0.5) is 0 Å². The van der Waals surface area contributed by atoms with E-state index in [1.807, 2.05) is 7.05 Å². The van der Waals surface area contributed by atoms with Crippen LogP contribution in [0, 0.1) is 0 Å². The predicted octanol–water partition coefficient (Wildman–Crippen LogP) is 0.730. The van der Waals surface area contributed by atoms with Crippen LogP contribution >= 0.6 is 0 Å². The second-order valence-corrected chi connectivity index (χ2v) is 6.33. The van der Waals surface area contributed by atoms with Crippen molar-refractivity contribution in [2.45, 2.75) is 44.2 Å². The zero-order chi connectivity index (χ0) is 14.4. The fourth-order valence-corrected chi connectivity index (χ4v) is 3.17. The zero-order valence-corrected chi connectivity index (χ0v) is 13.4. The van der Waals surface area contributed by atoms with Crippen LogP contribution in [0.3, 0.4) is 0 Å². The summed E-state index contributed by atoms with van der Waals surface area (Å²) in [5.41, 5.74) is 0. The van der Waals surface area contributed by atoms with Crippen molar-refractivity contribution in [3.8, 4) is 0 Å². The Morgan fingerprint density at radius 2 is 1.90 bits per heavy atom. The molecule has 1 atom stereocenters. The van der Waals surface area contributed by atoms with Crippen LogP contribution in [-0.2, 0) is 0 Å². The highest BCUT2D eigenvalue weighted by Crippen LogP contribution is 2.17. The SMILES string of the molecule is CN=C(NCC1CN(C)CCN1C)NC1CCCCC1. The zero-order valence-electron chi connectivity index (χ0n) is 13.4. The van der Waals surface area contributed by atoms with Crippen LogP contribution in [0.5, 0.6) is 0 Å². The minimum Gasteiger partial charge on any atom is -0.355 e. The molecule has 1 aliphatic heterocycles. The van der Waals surface area contributed by atoms with E-state index in [0.29, 0.717) is 12.1 Å². The summed E-state index contributed by atoms with van der Waals surface area (Å²) in [6.07, 6.45) is 6.67. The maximum absolute atomic E-state index is 4.37. The molecule has 0 aromatic heterocycles. The van der Waals surface area contributed by atoms with Crippen molar-refractivity contribution in [2.75, 3.05) is 47.3 Å². The number of hydrogen-bond acceptors (Lipinski definition) is 3. The lowest BCUT2D eigenvalue weighted by atomic mass is 9.96. The van der Waals surface area contributed by atoms with Crippen LogP contribution in [0.2, 0.25) is 0 Å². The first-order chi connectivity index (χ1) is 9.69. The summed E-state index contributed by atoms with van der Waals surface area (Å²) in [6, 6.07) is 1.18. The molecule has 0 aromatic carbocycles. The van der Waals surface area contributed by atoms with E-state index in [4.69, 9.17) is 0 Å². The van der Waals surface area contributed by atoms with E-state index in [2.05, 4.69) is 39.5 Å². The van der Waals surface area contributed by atoms with E-state index < -0.39 is 0 Å². The molecule has 0 aromatic rings. The third-order valence-electron chi connectivity index (χ3n) is 4.65. The molecular formula is C15H31N5. The van der Waals surface area contributed by atoms with Gasteiger partial charge in [0.1, 0.15) is 0 Å². The minimum absolute atomic E-state index is 0.568. The Morgan fingerprint density at radius 1 is 1.15 bits per heavy atom. The van der Waals surface area contributed by atoms with Gasteiger partial charge in [0.05, 0.1) is 0 Å². The van der Waals surface area contributed by atoms with Gasteiger partial charge in [-0.05, 0) is 26.9 Å². The topological polar surface area (TPSA) is 42.9 Å². The molecule has 0 spiro atoms. The first-order valence-electron chi connectivity index (χ1n) is 8.05. The molecule has 2 N–H and O–H groups in total. The lowest BCUT2D eigenvalue weighted by molar-refractivity contribution is 0.116. The largest absolute Gasteiger partial charge is 0.355 e. The molecular weight excluding hydrogens is 250 g/mol. The van der Waals surface area contributed by atoms with Crippen molar-refractivity contribution < 1.29 is 0 Å². The van der Waals surface area contributed by atoms with Gasteiger partial charge in [-0.25, -0.2) is 0 Å². The van der Waals surface area contributed by atoms with E-state index in [1.165, 1.54) is 38.6 Å². The second kappa shape index (κ2) is 7.84. The number of rotatable bonds is 3. The standard InChI is InChI=1S/C15H31N5/c1-16-15(18-13-7-5-4-6-8-13)17-11-14-12-19(2)9-10-20(14)3/h13-14H,4-12H2,1-3H3,(H2,16,17,18). The normalized spacial score (nSPS) is 27.6. The Kier molecular flexibility index (Phi) is 6.10. The van der Waals surface area contributed by atoms with Gasteiger partial charge in [-0.15, -0.1) is 0 Å². The third kappa shape index (κ3) is 4.63. The number of nitrogens with one attached hydrogen (secondary N) is 2. The van der Waals surface area contributed by atoms with Gasteiger partial charge >= 0.3 is 0 Å². The first kappa shape index (κ1) is 15.6. The van der Waals surface area contributed by atoms with Gasteiger partial charge in [-0.2, -0.15) is 0 Å². The van der Waals surface area contributed by atoms with Gasteiger partial charge < -0.3 is 15.5 Å². The number of likely N-dealkylation sites (N-methyl/N-ethyl adjacent to an activating group) is 2. The van der Waals surface area contributed by atoms with Crippen LogP contribution in [-0.4, -0.2) is 75.2 Å². The van der Waals surface area contributed by atoms with E-state index in [9.17, 15) is 0 Å². The Balaban J connectivity index is 1.75. The van der Waals surface area contributed by atoms with E-state index in [0.717, 1.165) is 25.6 Å². The highest BCUT2D eigenvalue weighted by Gasteiger charge is 2.22. The molecule has 116 valence electrons. The predicted molar refractivity (Wildman–Crippen MR) is 85.3 cm³/mol. The molecule has 2 rings (SSSR count). The summed E-state index contributed by atoms with van der Waals surface area (Å²) < 4.78 is 0. The fourth-order valence-electron chi connectivity index (χ4n) is 3.17. The summed E-state index contributed by atoms with van der Waals surface area (Å²) >= 11 is 0. The Bertz CT molecular complexity index is 311. The van der Waals surface area contributed by atoms with Gasteiger partial charge in [-0.1, -0.05) is 19.3 Å². The summed E-state index contributed by atoms with van der Waals surface area (Å²) in [5, 5.41) is 7.09. The van der Waals surface area contributed by atoms with Crippen LogP contribution in [0.25, 0.3) is 0 Å². The Hall–Kier alpha value is -0.810. The van der Waals surface area contributed by atoms with Crippen LogP contribution < -0.4 is 10.6 Å². The van der Waals surface area contributed by atoms with Gasteiger partial charge in [-0.3, -0.25) is 9.89 Å². The van der Waals surface area contributed by atoms with E-state index >= 15 is 0 Å². The summed E-state index contributed by atoms with van der Waals surface area (Å²) in [4.78, 5) is 9.22. The highest BCUT2D eigenvalue weighted by atomic mass is 15.3. The summed E-state index contributed by atoms with van der Waals surface area (Å²) in [5.74, 6) is 0.971. The maximum atomic E-state index is 4.37. The molecule has 1 unspecified atom stereocenters. The van der Waals surface area contributed by atoms with Crippen molar-refractivity contribution in [3.63, 3.8) is 0 Å². The summed E-state index contributed by atoms with van der Waals surface area (Å²) in [6.45, 7) is 4.41. The number of hydrogen-bond donors (Lipinski definition) is 2. The monoisotopic (exact) mass is 281 g/mol. The second-order valence-electron chi connectivity index (χ2n) is 6.33. The lowest BCUT2D eigenvalue weighted by Gasteiger charge is -2.38. The Morgan fingerprint density at radius 3 is 2.60 bits per heavy atom. The number of piperazine rings is 1. The minimum atomic E-state index is 0.568. The molecule has 1 heterocycles. The molecule has 1 saturated heterocycles. The number of nitrogens with zero attached hydrogens (tertiary/aromatic N) is 3. The molecule has 1 saturated carbocycles. The average molecular weight is 281 g/mol. The quantitative estimate of drug-likeness (QED) is 0.591. The summed E-state index contributed by atoms with van der Waals surface area (Å²) in [7, 11) is 6.29. The highest BCUT2D eigenvalue weighted by molar-refractivity contribution is 5.80. The van der Waals surface area contributed by atoms with Crippen molar-refractivity contribution >= 4 is 5.96 Å². The van der Waals surface area contributed by atoms with E-state index in [1.54, 1.807) is 0 Å². The van der Waals surface area contributed by atoms with Crippen LogP contribution in [0.15, 0.2) is 4.99 Å². The Labute approximate surface area is 123 Å². The van der Waals surface area contributed by atoms with Crippen molar-refractivity contribution in [3.05, 3.63) is 0 Å². The van der Waals surface area contributed by atoms with Crippen molar-refractivity contribution in [1.82, 2.24) is 20.4 Å². The first-order valence-corrected chi connectivity index (χ1v) is 8.05. The molecule has 5 nitrogen and oxygen atoms in total. The molecule has 2 aliphatic rings. The van der Waals surface area contributed by atoms with Crippen molar-refractivity contribution in [2.24, 2.45) is 4.99 Å². The maximum Gasteiger partial charge on any atom is 0.191 e. The smallest absolute Gasteiger partial charge is 0.191 e. The lowest BCUT2D eigenvalue weighted by Crippen LogP contribution is -2.56. The van der Waals surface area contributed by atoms with Gasteiger partial charge in [0.15, 0.2) is 5.96 Å². The van der Waals surface area contributed by atoms with Gasteiger partial charge in [0.25, 0.3) is 0 Å². The molecule has 20 heavy (non-hydrogen) atoms. The van der Waals surface area contributed by atoms with Gasteiger partial charge in [0.2, 0.25) is 0 Å². The number of aliphatic imine (C=N–C) groups is 1. The molecule has 1 aliphatic carbocycles. The van der Waals surface area contributed by atoms with Gasteiger partial charge in [0, 0.05) is 45.3 Å². The molecule has 5 heteroatoms. The molecule has 0 bridgehead atoms.